The van der Waals surface area contributed by atoms with Gasteiger partial charge in [0.2, 0.25) is 5.91 Å². The topological polar surface area (TPSA) is 92.8 Å². The molecule has 1 aromatic rings. The minimum atomic E-state index is -0.399. The van der Waals surface area contributed by atoms with E-state index in [1.807, 2.05) is 11.9 Å². The van der Waals surface area contributed by atoms with Gasteiger partial charge in [0.25, 0.3) is 5.91 Å². The summed E-state index contributed by atoms with van der Waals surface area (Å²) in [5.41, 5.74) is 3.02. The Labute approximate surface area is 188 Å². The first-order valence-electron chi connectivity index (χ1n) is 10.9. The Morgan fingerprint density at radius 3 is 2.74 bits per heavy atom. The van der Waals surface area contributed by atoms with Gasteiger partial charge >= 0.3 is 0 Å². The molecule has 1 aliphatic carbocycles. The van der Waals surface area contributed by atoms with Crippen molar-refractivity contribution in [1.82, 2.24) is 15.4 Å². The lowest BCUT2D eigenvalue weighted by Gasteiger charge is -2.31. The highest BCUT2D eigenvalue weighted by atomic mass is 35.5. The van der Waals surface area contributed by atoms with Crippen molar-refractivity contribution in [2.45, 2.75) is 63.7 Å². The maximum atomic E-state index is 12.5. The number of aromatic nitrogens is 1. The fourth-order valence-corrected chi connectivity index (χ4v) is 4.01. The summed E-state index contributed by atoms with van der Waals surface area (Å²) in [7, 11) is 1.86. The largest absolute Gasteiger partial charge is 0.360 e. The molecule has 0 aromatic carbocycles. The molecule has 2 aliphatic rings. The number of pyridine rings is 1. The second-order valence-corrected chi connectivity index (χ2v) is 8.37. The van der Waals surface area contributed by atoms with Gasteiger partial charge in [0.15, 0.2) is 6.29 Å². The van der Waals surface area contributed by atoms with Gasteiger partial charge in [-0.15, -0.1) is 0 Å². The molecule has 9 heteroatoms. The lowest BCUT2D eigenvalue weighted by molar-refractivity contribution is -0.198. The lowest BCUT2D eigenvalue weighted by atomic mass is 9.94. The second-order valence-electron chi connectivity index (χ2n) is 7.96. The molecule has 1 unspecified atom stereocenters. The number of halogens is 1. The number of amides is 2. The molecule has 0 bridgehead atoms. The molecule has 1 saturated heterocycles. The third-order valence-corrected chi connectivity index (χ3v) is 5.93. The summed E-state index contributed by atoms with van der Waals surface area (Å²) >= 11 is 6.29. The van der Waals surface area contributed by atoms with Crippen LogP contribution in [0.5, 0.6) is 0 Å². The third-order valence-electron chi connectivity index (χ3n) is 5.64. The van der Waals surface area contributed by atoms with Crippen LogP contribution < -0.4 is 10.8 Å². The number of carbonyl (C=O) groups is 2. The summed E-state index contributed by atoms with van der Waals surface area (Å²) in [6.07, 6.45) is 12.6. The first-order chi connectivity index (χ1) is 15.0. The SMILES string of the molecule is CN(C(=O)CNc1ncc(C=CC(=O)NOC2CCCCO2)cc1Cl)C1CCCCC1. The number of rotatable bonds is 8. The predicted molar refractivity (Wildman–Crippen MR) is 119 cm³/mol. The molecular weight excluding hydrogens is 420 g/mol. The zero-order chi connectivity index (χ0) is 22.1. The van der Waals surface area contributed by atoms with Crippen LogP contribution in [0.25, 0.3) is 6.08 Å². The molecule has 1 saturated carbocycles. The van der Waals surface area contributed by atoms with Gasteiger partial charge in [-0.25, -0.2) is 15.3 Å². The van der Waals surface area contributed by atoms with Gasteiger partial charge in [-0.1, -0.05) is 30.9 Å². The number of nitrogens with one attached hydrogen (secondary N) is 2. The van der Waals surface area contributed by atoms with Crippen molar-refractivity contribution in [1.29, 1.82) is 0 Å². The first kappa shape index (κ1) is 23.5. The van der Waals surface area contributed by atoms with Crippen molar-refractivity contribution in [3.05, 3.63) is 28.9 Å². The molecule has 1 atom stereocenters. The summed E-state index contributed by atoms with van der Waals surface area (Å²) in [4.78, 5) is 35.7. The van der Waals surface area contributed by atoms with Gasteiger partial charge in [0.05, 0.1) is 11.6 Å². The van der Waals surface area contributed by atoms with Gasteiger partial charge in [-0.3, -0.25) is 9.59 Å². The van der Waals surface area contributed by atoms with E-state index in [4.69, 9.17) is 21.2 Å². The highest BCUT2D eigenvalue weighted by Gasteiger charge is 2.22. The fraction of sp³-hybridized carbons (Fsp3) is 0.591. The first-order valence-corrected chi connectivity index (χ1v) is 11.3. The number of likely N-dealkylation sites (N-methyl/N-ethyl adjacent to an activating group) is 1. The second kappa shape index (κ2) is 12.0. The zero-order valence-corrected chi connectivity index (χ0v) is 18.7. The van der Waals surface area contributed by atoms with E-state index in [0.717, 1.165) is 32.1 Å². The van der Waals surface area contributed by atoms with Crippen LogP contribution in [-0.2, 0) is 19.2 Å². The third kappa shape index (κ3) is 7.48. The van der Waals surface area contributed by atoms with Crippen LogP contribution in [0.1, 0.15) is 56.9 Å². The van der Waals surface area contributed by atoms with E-state index in [1.165, 1.54) is 25.3 Å². The molecule has 0 spiro atoms. The molecule has 2 amide bonds. The average Bonchev–Trinajstić information content (AvgIpc) is 2.81. The van der Waals surface area contributed by atoms with Crippen molar-refractivity contribution in [3.8, 4) is 0 Å². The summed E-state index contributed by atoms with van der Waals surface area (Å²) in [6, 6.07) is 2.00. The number of hydroxylamine groups is 1. The van der Waals surface area contributed by atoms with Crippen LogP contribution in [0.2, 0.25) is 5.02 Å². The van der Waals surface area contributed by atoms with E-state index in [9.17, 15) is 9.59 Å². The summed E-state index contributed by atoms with van der Waals surface area (Å²) in [5, 5.41) is 3.39. The number of hydrogen-bond donors (Lipinski definition) is 2. The minimum absolute atomic E-state index is 0.0207. The molecule has 8 nitrogen and oxygen atoms in total. The van der Waals surface area contributed by atoms with Gasteiger partial charge in [-0.05, 0) is 43.4 Å². The van der Waals surface area contributed by atoms with Crippen molar-refractivity contribution in [2.75, 3.05) is 25.5 Å². The molecule has 2 N–H and O–H groups in total. The van der Waals surface area contributed by atoms with Gasteiger partial charge < -0.3 is 15.0 Å². The molecule has 1 aromatic heterocycles. The molecule has 170 valence electrons. The van der Waals surface area contributed by atoms with Crippen LogP contribution >= 0.6 is 11.6 Å². The zero-order valence-electron chi connectivity index (χ0n) is 17.9. The Bertz CT molecular complexity index is 777. The average molecular weight is 451 g/mol. The van der Waals surface area contributed by atoms with Crippen molar-refractivity contribution in [3.63, 3.8) is 0 Å². The Balaban J connectivity index is 1.44. The number of carbonyl (C=O) groups excluding carboxylic acids is 2. The van der Waals surface area contributed by atoms with E-state index in [1.54, 1.807) is 18.3 Å². The molecule has 3 rings (SSSR count). The number of nitrogens with zero attached hydrogens (tertiary/aromatic N) is 2. The van der Waals surface area contributed by atoms with E-state index in [-0.39, 0.29) is 12.5 Å². The van der Waals surface area contributed by atoms with Gasteiger partial charge in [0.1, 0.15) is 5.82 Å². The van der Waals surface area contributed by atoms with E-state index < -0.39 is 12.2 Å². The smallest absolute Gasteiger partial charge is 0.267 e. The maximum absolute atomic E-state index is 12.5. The van der Waals surface area contributed by atoms with Crippen molar-refractivity contribution in [2.24, 2.45) is 0 Å². The monoisotopic (exact) mass is 450 g/mol. The van der Waals surface area contributed by atoms with Crippen LogP contribution in [0.3, 0.4) is 0 Å². The summed E-state index contributed by atoms with van der Waals surface area (Å²) in [5.74, 6) is 0.0580. The molecule has 0 radical (unpaired) electrons. The molecule has 1 aliphatic heterocycles. The van der Waals surface area contributed by atoms with E-state index >= 15 is 0 Å². The molecular formula is C22H31ClN4O4. The molecule has 2 fully saturated rings. The summed E-state index contributed by atoms with van der Waals surface area (Å²) < 4.78 is 5.39. The van der Waals surface area contributed by atoms with Crippen LogP contribution in [0, 0.1) is 0 Å². The molecule has 31 heavy (non-hydrogen) atoms. The predicted octanol–water partition coefficient (Wildman–Crippen LogP) is 3.53. The minimum Gasteiger partial charge on any atom is -0.360 e. The Morgan fingerprint density at radius 1 is 1.26 bits per heavy atom. The standard InChI is InChI=1S/C22H31ClN4O4/c1-27(17-7-3-2-4-8-17)20(29)15-25-22-18(23)13-16(14-24-22)10-11-19(28)26-31-21-9-5-6-12-30-21/h10-11,13-14,17,21H,2-9,12,15H2,1H3,(H,24,25)(H,26,28). The Hall–Kier alpha value is -2.16. The highest BCUT2D eigenvalue weighted by molar-refractivity contribution is 6.33. The number of anilines is 1. The number of hydrogen-bond acceptors (Lipinski definition) is 6. The van der Waals surface area contributed by atoms with Crippen molar-refractivity contribution >= 4 is 35.3 Å². The van der Waals surface area contributed by atoms with E-state index in [2.05, 4.69) is 15.8 Å². The van der Waals surface area contributed by atoms with Crippen LogP contribution in [0.15, 0.2) is 18.3 Å². The lowest BCUT2D eigenvalue weighted by Crippen LogP contribution is -2.41. The highest BCUT2D eigenvalue weighted by Crippen LogP contribution is 2.23. The van der Waals surface area contributed by atoms with E-state index in [0.29, 0.717) is 29.1 Å². The van der Waals surface area contributed by atoms with Crippen LogP contribution in [-0.4, -0.2) is 54.2 Å². The van der Waals surface area contributed by atoms with Crippen LogP contribution in [0.4, 0.5) is 5.82 Å². The fourth-order valence-electron chi connectivity index (χ4n) is 3.76. The quantitative estimate of drug-likeness (QED) is 0.465. The maximum Gasteiger partial charge on any atom is 0.267 e. The Morgan fingerprint density at radius 2 is 2.03 bits per heavy atom. The number of ether oxygens (including phenoxy) is 1. The van der Waals surface area contributed by atoms with Crippen molar-refractivity contribution < 1.29 is 19.2 Å². The normalized spacial score (nSPS) is 19.9. The van der Waals surface area contributed by atoms with Gasteiger partial charge in [0, 0.05) is 38.4 Å². The molecule has 2 heterocycles. The summed E-state index contributed by atoms with van der Waals surface area (Å²) in [6.45, 7) is 0.779. The Kier molecular flexibility index (Phi) is 9.12. The van der Waals surface area contributed by atoms with Gasteiger partial charge in [-0.2, -0.15) is 0 Å².